The lowest BCUT2D eigenvalue weighted by Crippen LogP contribution is -2.41. The van der Waals surface area contributed by atoms with E-state index < -0.39 is 17.6 Å². The first-order valence-corrected chi connectivity index (χ1v) is 7.36. The van der Waals surface area contributed by atoms with Gasteiger partial charge in [0.25, 0.3) is 5.91 Å². The van der Waals surface area contributed by atoms with Gasteiger partial charge in [-0.05, 0) is 53.9 Å². The molecule has 1 amide bonds. The van der Waals surface area contributed by atoms with Gasteiger partial charge in [0.05, 0.1) is 17.2 Å². The zero-order chi connectivity index (χ0) is 15.6. The summed E-state index contributed by atoms with van der Waals surface area (Å²) in [5.41, 5.74) is -0.847. The van der Waals surface area contributed by atoms with Gasteiger partial charge in [0, 0.05) is 17.1 Å². The van der Waals surface area contributed by atoms with Crippen molar-refractivity contribution in [3.8, 4) is 0 Å². The average molecular weight is 366 g/mol. The van der Waals surface area contributed by atoms with Crippen LogP contribution >= 0.6 is 15.9 Å². The van der Waals surface area contributed by atoms with Crippen molar-refractivity contribution in [1.82, 2.24) is 5.32 Å². The molecule has 1 aliphatic heterocycles. The number of alkyl halides is 3. The van der Waals surface area contributed by atoms with Gasteiger partial charge in [0.2, 0.25) is 0 Å². The molecule has 2 unspecified atom stereocenters. The van der Waals surface area contributed by atoms with E-state index in [1.165, 1.54) is 6.07 Å². The molecule has 3 nitrogen and oxygen atoms in total. The molecule has 7 heteroatoms. The van der Waals surface area contributed by atoms with Gasteiger partial charge >= 0.3 is 6.18 Å². The van der Waals surface area contributed by atoms with E-state index in [1.807, 2.05) is 6.92 Å². The van der Waals surface area contributed by atoms with Gasteiger partial charge in [-0.15, -0.1) is 0 Å². The van der Waals surface area contributed by atoms with Crippen LogP contribution in [0, 0.1) is 0 Å². The Morgan fingerprint density at radius 3 is 2.76 bits per heavy atom. The summed E-state index contributed by atoms with van der Waals surface area (Å²) in [6, 6.07) is 2.96. The largest absolute Gasteiger partial charge is 0.416 e. The molecular weight excluding hydrogens is 351 g/mol. The fraction of sp³-hybridized carbons (Fsp3) is 0.500. The van der Waals surface area contributed by atoms with Crippen LogP contribution in [0.2, 0.25) is 0 Å². The van der Waals surface area contributed by atoms with E-state index in [4.69, 9.17) is 4.74 Å². The molecular formula is C14H15BrF3NO2. The first-order valence-electron chi connectivity index (χ1n) is 6.56. The summed E-state index contributed by atoms with van der Waals surface area (Å²) in [7, 11) is 0. The van der Waals surface area contributed by atoms with Gasteiger partial charge in [-0.2, -0.15) is 13.2 Å². The Morgan fingerprint density at radius 2 is 2.14 bits per heavy atom. The van der Waals surface area contributed by atoms with E-state index in [1.54, 1.807) is 0 Å². The third kappa shape index (κ3) is 4.20. The second-order valence-electron chi connectivity index (χ2n) is 5.07. The van der Waals surface area contributed by atoms with Crippen LogP contribution in [0.1, 0.15) is 35.7 Å². The predicted molar refractivity (Wildman–Crippen MR) is 75.0 cm³/mol. The molecule has 1 heterocycles. The van der Waals surface area contributed by atoms with E-state index in [9.17, 15) is 18.0 Å². The molecule has 0 spiro atoms. The first-order chi connectivity index (χ1) is 9.77. The summed E-state index contributed by atoms with van der Waals surface area (Å²) in [4.78, 5) is 12.2. The normalized spacial score (nSPS) is 22.9. The molecule has 0 aliphatic carbocycles. The van der Waals surface area contributed by atoms with Gasteiger partial charge in [0.1, 0.15) is 0 Å². The lowest BCUT2D eigenvalue weighted by molar-refractivity contribution is -0.137. The van der Waals surface area contributed by atoms with Crippen LogP contribution in [0.15, 0.2) is 22.7 Å². The molecule has 1 aliphatic rings. The van der Waals surface area contributed by atoms with Crippen molar-refractivity contribution < 1.29 is 22.7 Å². The lowest BCUT2D eigenvalue weighted by Gasteiger charge is -2.28. The minimum atomic E-state index is -4.47. The molecule has 0 bridgehead atoms. The van der Waals surface area contributed by atoms with Crippen molar-refractivity contribution >= 4 is 21.8 Å². The topological polar surface area (TPSA) is 38.3 Å². The Balaban J connectivity index is 2.15. The molecule has 1 saturated heterocycles. The second kappa shape index (κ2) is 6.36. The number of rotatable bonds is 2. The number of hydrogen-bond acceptors (Lipinski definition) is 2. The van der Waals surface area contributed by atoms with Gasteiger partial charge in [0.15, 0.2) is 0 Å². The van der Waals surface area contributed by atoms with Crippen molar-refractivity contribution in [2.24, 2.45) is 0 Å². The van der Waals surface area contributed by atoms with E-state index >= 15 is 0 Å². The van der Waals surface area contributed by atoms with Crippen LogP contribution in [0.25, 0.3) is 0 Å². The molecule has 116 valence electrons. The van der Waals surface area contributed by atoms with Gasteiger partial charge < -0.3 is 10.1 Å². The van der Waals surface area contributed by atoms with Crippen molar-refractivity contribution in [3.63, 3.8) is 0 Å². The summed E-state index contributed by atoms with van der Waals surface area (Å²) in [6.07, 6.45) is -3.12. The van der Waals surface area contributed by atoms with Crippen LogP contribution in [0.4, 0.5) is 13.2 Å². The summed E-state index contributed by atoms with van der Waals surface area (Å²) in [5.74, 6) is -0.507. The SMILES string of the molecule is CC1CC(NC(=O)c2cc(C(F)(F)F)ccc2Br)CCO1. The summed E-state index contributed by atoms with van der Waals surface area (Å²) >= 11 is 3.12. The smallest absolute Gasteiger partial charge is 0.378 e. The Bertz CT molecular complexity index is 533. The standard InChI is InChI=1S/C14H15BrF3NO2/c1-8-6-10(4-5-21-8)19-13(20)11-7-9(14(16,17)18)2-3-12(11)15/h2-3,7-8,10H,4-6H2,1H3,(H,19,20). The van der Waals surface area contributed by atoms with Crippen LogP contribution in [0.3, 0.4) is 0 Å². The fourth-order valence-corrected chi connectivity index (χ4v) is 2.69. The number of benzene rings is 1. The Morgan fingerprint density at radius 1 is 1.43 bits per heavy atom. The van der Waals surface area contributed by atoms with Crippen LogP contribution < -0.4 is 5.32 Å². The summed E-state index contributed by atoms with van der Waals surface area (Å²) in [6.45, 7) is 2.44. The zero-order valence-electron chi connectivity index (χ0n) is 11.3. The molecule has 1 aromatic carbocycles. The molecule has 1 N–H and O–H groups in total. The van der Waals surface area contributed by atoms with E-state index in [-0.39, 0.29) is 17.7 Å². The van der Waals surface area contributed by atoms with Crippen molar-refractivity contribution in [3.05, 3.63) is 33.8 Å². The van der Waals surface area contributed by atoms with Crippen molar-refractivity contribution in [2.45, 2.75) is 38.1 Å². The average Bonchev–Trinajstić information content (AvgIpc) is 2.37. The highest BCUT2D eigenvalue weighted by Gasteiger charge is 2.32. The van der Waals surface area contributed by atoms with E-state index in [0.29, 0.717) is 23.9 Å². The quantitative estimate of drug-likeness (QED) is 0.866. The van der Waals surface area contributed by atoms with Crippen LogP contribution in [-0.4, -0.2) is 24.7 Å². The minimum Gasteiger partial charge on any atom is -0.378 e. The van der Waals surface area contributed by atoms with Crippen LogP contribution in [0.5, 0.6) is 0 Å². The highest BCUT2D eigenvalue weighted by atomic mass is 79.9. The summed E-state index contributed by atoms with van der Waals surface area (Å²) < 4.78 is 43.8. The molecule has 0 aromatic heterocycles. The van der Waals surface area contributed by atoms with Gasteiger partial charge in [-0.25, -0.2) is 0 Å². The molecule has 2 rings (SSSR count). The Labute approximate surface area is 129 Å². The molecule has 0 radical (unpaired) electrons. The molecule has 1 fully saturated rings. The Hall–Kier alpha value is -1.08. The van der Waals surface area contributed by atoms with Gasteiger partial charge in [-0.1, -0.05) is 0 Å². The number of amides is 1. The van der Waals surface area contributed by atoms with E-state index in [0.717, 1.165) is 12.1 Å². The number of hydrogen-bond donors (Lipinski definition) is 1. The van der Waals surface area contributed by atoms with E-state index in [2.05, 4.69) is 21.2 Å². The predicted octanol–water partition coefficient (Wildman–Crippen LogP) is 3.77. The number of carbonyl (C=O) groups excluding carboxylic acids is 1. The van der Waals surface area contributed by atoms with Crippen molar-refractivity contribution in [1.29, 1.82) is 0 Å². The lowest BCUT2D eigenvalue weighted by atomic mass is 10.0. The summed E-state index contributed by atoms with van der Waals surface area (Å²) in [5, 5.41) is 2.77. The highest BCUT2D eigenvalue weighted by Crippen LogP contribution is 2.32. The number of carbonyl (C=O) groups is 1. The fourth-order valence-electron chi connectivity index (χ4n) is 2.27. The molecule has 1 aromatic rings. The maximum absolute atomic E-state index is 12.7. The zero-order valence-corrected chi connectivity index (χ0v) is 12.9. The number of nitrogens with one attached hydrogen (secondary N) is 1. The molecule has 21 heavy (non-hydrogen) atoms. The Kier molecular flexibility index (Phi) is 4.93. The third-order valence-electron chi connectivity index (χ3n) is 3.36. The molecule has 2 atom stereocenters. The second-order valence-corrected chi connectivity index (χ2v) is 5.92. The minimum absolute atomic E-state index is 0.0102. The highest BCUT2D eigenvalue weighted by molar-refractivity contribution is 9.10. The van der Waals surface area contributed by atoms with Crippen LogP contribution in [-0.2, 0) is 10.9 Å². The maximum atomic E-state index is 12.7. The maximum Gasteiger partial charge on any atom is 0.416 e. The number of halogens is 4. The first kappa shape index (κ1) is 16.3. The third-order valence-corrected chi connectivity index (χ3v) is 4.05. The van der Waals surface area contributed by atoms with Gasteiger partial charge in [-0.3, -0.25) is 4.79 Å². The van der Waals surface area contributed by atoms with Crippen molar-refractivity contribution in [2.75, 3.05) is 6.61 Å². The monoisotopic (exact) mass is 365 g/mol. The molecule has 0 saturated carbocycles. The number of ether oxygens (including phenoxy) is 1.